The minimum Gasteiger partial charge on any atom is -0.329 e. The van der Waals surface area contributed by atoms with Gasteiger partial charge in [0.1, 0.15) is 0 Å². The van der Waals surface area contributed by atoms with Crippen LogP contribution in [-0.2, 0) is 6.42 Å². The molecule has 2 heterocycles. The van der Waals surface area contributed by atoms with Gasteiger partial charge in [-0.3, -0.25) is 4.90 Å². The first-order chi connectivity index (χ1) is 9.20. The number of fused-ring (bicyclic) bond motifs is 1. The molecular weight excluding hydrogens is 252 g/mol. The second-order valence-electron chi connectivity index (χ2n) is 6.36. The summed E-state index contributed by atoms with van der Waals surface area (Å²) in [6.07, 6.45) is 6.51. The van der Waals surface area contributed by atoms with Crippen LogP contribution in [0.2, 0.25) is 0 Å². The monoisotopic (exact) mass is 278 g/mol. The molecule has 1 aliphatic carbocycles. The van der Waals surface area contributed by atoms with Crippen molar-refractivity contribution in [1.29, 1.82) is 0 Å². The fraction of sp³-hybridized carbons (Fsp3) is 0.750. The van der Waals surface area contributed by atoms with Gasteiger partial charge in [0.05, 0.1) is 0 Å². The number of nitrogens with zero attached hydrogens (tertiary/aromatic N) is 1. The number of nitrogens with two attached hydrogens (primary N) is 1. The fourth-order valence-electron chi connectivity index (χ4n) is 4.28. The Morgan fingerprint density at radius 2 is 2.37 bits per heavy atom. The van der Waals surface area contributed by atoms with E-state index in [4.69, 9.17) is 5.73 Å². The molecular formula is C16H26N2S. The molecule has 1 fully saturated rings. The Morgan fingerprint density at radius 1 is 1.53 bits per heavy atom. The van der Waals surface area contributed by atoms with Crippen LogP contribution in [0, 0.1) is 5.92 Å². The molecule has 1 aromatic rings. The van der Waals surface area contributed by atoms with E-state index in [1.807, 2.05) is 11.3 Å². The van der Waals surface area contributed by atoms with Crippen molar-refractivity contribution in [3.8, 4) is 0 Å². The molecule has 106 valence electrons. The Labute approximate surface area is 121 Å². The largest absolute Gasteiger partial charge is 0.329 e. The molecule has 1 aliphatic heterocycles. The van der Waals surface area contributed by atoms with Gasteiger partial charge in [0, 0.05) is 29.5 Å². The van der Waals surface area contributed by atoms with E-state index in [0.717, 1.165) is 12.5 Å². The Hall–Kier alpha value is -0.380. The molecule has 3 heteroatoms. The van der Waals surface area contributed by atoms with Crippen LogP contribution in [0.15, 0.2) is 11.4 Å². The highest BCUT2D eigenvalue weighted by atomic mass is 32.1. The van der Waals surface area contributed by atoms with Crippen molar-refractivity contribution < 1.29 is 0 Å². The van der Waals surface area contributed by atoms with Crippen LogP contribution in [0.25, 0.3) is 0 Å². The Balaban J connectivity index is 1.86. The second-order valence-corrected chi connectivity index (χ2v) is 7.36. The van der Waals surface area contributed by atoms with Gasteiger partial charge in [-0.2, -0.15) is 0 Å². The minimum atomic E-state index is 0.277. The number of rotatable bonds is 3. The Bertz CT molecular complexity index is 442. The molecule has 0 spiro atoms. The summed E-state index contributed by atoms with van der Waals surface area (Å²) in [6.45, 7) is 6.73. The van der Waals surface area contributed by atoms with E-state index in [-0.39, 0.29) is 5.54 Å². The van der Waals surface area contributed by atoms with Gasteiger partial charge < -0.3 is 5.73 Å². The molecule has 0 saturated heterocycles. The molecule has 3 unspecified atom stereocenters. The lowest BCUT2D eigenvalue weighted by Crippen LogP contribution is -2.55. The van der Waals surface area contributed by atoms with Crippen molar-refractivity contribution in [2.45, 2.75) is 57.5 Å². The maximum Gasteiger partial charge on any atom is 0.0340 e. The van der Waals surface area contributed by atoms with Gasteiger partial charge in [-0.1, -0.05) is 13.3 Å². The molecule has 19 heavy (non-hydrogen) atoms. The van der Waals surface area contributed by atoms with E-state index < -0.39 is 0 Å². The first kappa shape index (κ1) is 13.6. The van der Waals surface area contributed by atoms with Gasteiger partial charge in [0.25, 0.3) is 0 Å². The summed E-state index contributed by atoms with van der Waals surface area (Å²) in [5.41, 5.74) is 8.07. The van der Waals surface area contributed by atoms with Crippen molar-refractivity contribution in [2.24, 2.45) is 11.7 Å². The zero-order valence-corrected chi connectivity index (χ0v) is 13.0. The average molecular weight is 278 g/mol. The van der Waals surface area contributed by atoms with E-state index >= 15 is 0 Å². The third kappa shape index (κ3) is 2.16. The fourth-order valence-corrected chi connectivity index (χ4v) is 5.25. The molecule has 0 radical (unpaired) electrons. The Kier molecular flexibility index (Phi) is 3.71. The smallest absolute Gasteiger partial charge is 0.0340 e. The lowest BCUT2D eigenvalue weighted by Gasteiger charge is -2.47. The molecule has 0 bridgehead atoms. The number of hydrogen-bond donors (Lipinski definition) is 1. The molecule has 2 N–H and O–H groups in total. The van der Waals surface area contributed by atoms with Gasteiger partial charge in [0.2, 0.25) is 0 Å². The molecule has 1 aromatic heterocycles. The first-order valence-corrected chi connectivity index (χ1v) is 8.61. The summed E-state index contributed by atoms with van der Waals surface area (Å²) in [5, 5.41) is 2.25. The molecule has 3 rings (SSSR count). The second kappa shape index (κ2) is 5.19. The van der Waals surface area contributed by atoms with E-state index in [1.165, 1.54) is 38.6 Å². The van der Waals surface area contributed by atoms with Crippen molar-refractivity contribution in [3.05, 3.63) is 21.9 Å². The maximum absolute atomic E-state index is 6.24. The minimum absolute atomic E-state index is 0.277. The number of hydrogen-bond acceptors (Lipinski definition) is 3. The maximum atomic E-state index is 6.24. The molecule has 3 atom stereocenters. The van der Waals surface area contributed by atoms with Crippen molar-refractivity contribution in [2.75, 3.05) is 13.1 Å². The van der Waals surface area contributed by atoms with Crippen LogP contribution < -0.4 is 5.73 Å². The normalized spacial score (nSPS) is 35.5. The van der Waals surface area contributed by atoms with Crippen LogP contribution in [-0.4, -0.2) is 23.5 Å². The van der Waals surface area contributed by atoms with Gasteiger partial charge in [-0.05, 0) is 55.5 Å². The van der Waals surface area contributed by atoms with Gasteiger partial charge in [0.15, 0.2) is 0 Å². The molecule has 0 amide bonds. The summed E-state index contributed by atoms with van der Waals surface area (Å²) >= 11 is 1.93. The van der Waals surface area contributed by atoms with E-state index in [1.54, 1.807) is 10.4 Å². The van der Waals surface area contributed by atoms with Crippen LogP contribution in [0.4, 0.5) is 0 Å². The third-order valence-electron chi connectivity index (χ3n) is 5.53. The van der Waals surface area contributed by atoms with Gasteiger partial charge in [-0.15, -0.1) is 11.3 Å². The molecule has 2 aliphatic rings. The quantitative estimate of drug-likeness (QED) is 0.916. The summed E-state index contributed by atoms with van der Waals surface area (Å²) in [7, 11) is 0. The standard InChI is InChI=1S/C16H26N2S/c1-3-13-4-7-16(10-13,11-17)18-8-5-15-14(12(18)2)6-9-19-15/h6,9,12-13H,3-5,7-8,10-11,17H2,1-2H3. The van der Waals surface area contributed by atoms with Crippen LogP contribution in [0.3, 0.4) is 0 Å². The summed E-state index contributed by atoms with van der Waals surface area (Å²) < 4.78 is 0. The Morgan fingerprint density at radius 3 is 3.05 bits per heavy atom. The lowest BCUT2D eigenvalue weighted by molar-refractivity contribution is 0.0488. The van der Waals surface area contributed by atoms with E-state index in [2.05, 4.69) is 30.2 Å². The molecule has 0 aromatic carbocycles. The number of thiophene rings is 1. The van der Waals surface area contributed by atoms with Gasteiger partial charge >= 0.3 is 0 Å². The van der Waals surface area contributed by atoms with Gasteiger partial charge in [-0.25, -0.2) is 0 Å². The van der Waals surface area contributed by atoms with Crippen molar-refractivity contribution >= 4 is 11.3 Å². The SMILES string of the molecule is CCC1CCC(CN)(N2CCc3sccc3C2C)C1. The predicted molar refractivity (Wildman–Crippen MR) is 82.6 cm³/mol. The third-order valence-corrected chi connectivity index (χ3v) is 6.53. The van der Waals surface area contributed by atoms with Crippen LogP contribution in [0.1, 0.15) is 56.0 Å². The summed E-state index contributed by atoms with van der Waals surface area (Å²) in [4.78, 5) is 4.33. The van der Waals surface area contributed by atoms with E-state index in [0.29, 0.717) is 6.04 Å². The zero-order chi connectivity index (χ0) is 13.5. The summed E-state index contributed by atoms with van der Waals surface area (Å²) in [5.74, 6) is 0.889. The van der Waals surface area contributed by atoms with Crippen molar-refractivity contribution in [1.82, 2.24) is 4.90 Å². The highest BCUT2D eigenvalue weighted by Gasteiger charge is 2.45. The van der Waals surface area contributed by atoms with Crippen molar-refractivity contribution in [3.63, 3.8) is 0 Å². The summed E-state index contributed by atoms with van der Waals surface area (Å²) in [6, 6.07) is 2.88. The predicted octanol–water partition coefficient (Wildman–Crippen LogP) is 3.57. The highest BCUT2D eigenvalue weighted by Crippen LogP contribution is 2.46. The first-order valence-electron chi connectivity index (χ1n) is 7.73. The topological polar surface area (TPSA) is 29.3 Å². The highest BCUT2D eigenvalue weighted by molar-refractivity contribution is 7.10. The lowest BCUT2D eigenvalue weighted by atomic mass is 9.87. The molecule has 1 saturated carbocycles. The van der Waals surface area contributed by atoms with E-state index in [9.17, 15) is 0 Å². The van der Waals surface area contributed by atoms with Crippen LogP contribution >= 0.6 is 11.3 Å². The average Bonchev–Trinajstić information content (AvgIpc) is 3.06. The zero-order valence-electron chi connectivity index (χ0n) is 12.2. The van der Waals surface area contributed by atoms with Crippen LogP contribution in [0.5, 0.6) is 0 Å². The molecule has 2 nitrogen and oxygen atoms in total.